The lowest BCUT2D eigenvalue weighted by molar-refractivity contribution is 0.0950. The van der Waals surface area contributed by atoms with Crippen LogP contribution in [0.4, 0.5) is 5.82 Å². The maximum atomic E-state index is 12.4. The number of pyridine rings is 1. The van der Waals surface area contributed by atoms with Crippen LogP contribution in [0.3, 0.4) is 0 Å². The number of methoxy groups -OCH3 is 1. The lowest BCUT2D eigenvalue weighted by atomic mass is 10.0. The van der Waals surface area contributed by atoms with Crippen LogP contribution in [0.5, 0.6) is 5.75 Å². The second-order valence-corrected chi connectivity index (χ2v) is 6.44. The zero-order valence-electron chi connectivity index (χ0n) is 15.9. The number of ether oxygens (including phenoxy) is 1. The summed E-state index contributed by atoms with van der Waals surface area (Å²) in [5, 5.41) is 11.1. The molecule has 28 heavy (non-hydrogen) atoms. The van der Waals surface area contributed by atoms with Crippen molar-refractivity contribution in [3.8, 4) is 16.9 Å². The Morgan fingerprint density at radius 3 is 2.86 bits per heavy atom. The summed E-state index contributed by atoms with van der Waals surface area (Å²) in [4.78, 5) is 17.0. The van der Waals surface area contributed by atoms with E-state index in [1.54, 1.807) is 22.4 Å². The number of benzene rings is 1. The molecule has 1 amide bonds. The molecule has 4 aromatic rings. The molecule has 4 rings (SSSR count). The van der Waals surface area contributed by atoms with Gasteiger partial charge in [0.15, 0.2) is 17.0 Å². The molecule has 1 aromatic carbocycles. The highest BCUT2D eigenvalue weighted by molar-refractivity contribution is 6.00. The van der Waals surface area contributed by atoms with E-state index in [4.69, 9.17) is 10.5 Å². The Bertz CT molecular complexity index is 1190. The highest BCUT2D eigenvalue weighted by Crippen LogP contribution is 2.37. The van der Waals surface area contributed by atoms with Crippen LogP contribution in [0.25, 0.3) is 27.8 Å². The Kier molecular flexibility index (Phi) is 4.34. The summed E-state index contributed by atoms with van der Waals surface area (Å²) in [6.07, 6.45) is 2.62. The minimum absolute atomic E-state index is 0.209. The first-order valence-electron chi connectivity index (χ1n) is 8.98. The number of hydrogen-bond acceptors (Lipinski definition) is 6. The summed E-state index contributed by atoms with van der Waals surface area (Å²) >= 11 is 0. The smallest absolute Gasteiger partial charge is 0.273 e. The Hall–Kier alpha value is -3.62. The molecule has 0 atom stereocenters. The standard InChI is InChI=1S/C19H21N7O2/c1-4-9-21-19(27)15-17(20)26-10-5-6-12(18(26)22-15)11-7-8-13-14(16(11)28-3)23-24-25(13)2/h5-8,10H,4,9,20H2,1-3H3,(H,21,27). The van der Waals surface area contributed by atoms with Crippen LogP contribution in [0.2, 0.25) is 0 Å². The second-order valence-electron chi connectivity index (χ2n) is 6.44. The monoisotopic (exact) mass is 379 g/mol. The van der Waals surface area contributed by atoms with Crippen LogP contribution in [-0.4, -0.2) is 43.9 Å². The number of aryl methyl sites for hydroxylation is 1. The minimum atomic E-state index is -0.287. The summed E-state index contributed by atoms with van der Waals surface area (Å²) < 4.78 is 9.04. The summed E-state index contributed by atoms with van der Waals surface area (Å²) in [5.41, 5.74) is 10.1. The van der Waals surface area contributed by atoms with E-state index in [9.17, 15) is 4.79 Å². The number of nitrogen functional groups attached to an aromatic ring is 1. The number of nitrogens with one attached hydrogen (secondary N) is 1. The molecule has 3 aromatic heterocycles. The number of rotatable bonds is 5. The number of anilines is 1. The quantitative estimate of drug-likeness (QED) is 0.548. The Labute approximate surface area is 161 Å². The van der Waals surface area contributed by atoms with Crippen molar-refractivity contribution in [3.63, 3.8) is 0 Å². The lowest BCUT2D eigenvalue weighted by Crippen LogP contribution is -2.25. The zero-order valence-corrected chi connectivity index (χ0v) is 15.9. The number of amides is 1. The molecule has 0 aliphatic rings. The average molecular weight is 379 g/mol. The van der Waals surface area contributed by atoms with Gasteiger partial charge in [-0.05, 0) is 30.7 Å². The van der Waals surface area contributed by atoms with E-state index in [0.717, 1.165) is 23.1 Å². The predicted octanol–water partition coefficient (Wildman–Crippen LogP) is 2.01. The first kappa shape index (κ1) is 17.8. The van der Waals surface area contributed by atoms with Crippen LogP contribution >= 0.6 is 0 Å². The van der Waals surface area contributed by atoms with Crippen molar-refractivity contribution >= 4 is 28.4 Å². The molecule has 0 aliphatic carbocycles. The van der Waals surface area contributed by atoms with Crippen LogP contribution < -0.4 is 15.8 Å². The molecule has 0 radical (unpaired) electrons. The third kappa shape index (κ3) is 2.63. The first-order chi connectivity index (χ1) is 13.6. The number of nitrogens with zero attached hydrogens (tertiary/aromatic N) is 5. The van der Waals surface area contributed by atoms with Gasteiger partial charge >= 0.3 is 0 Å². The van der Waals surface area contributed by atoms with Gasteiger partial charge in [0.2, 0.25) is 0 Å². The van der Waals surface area contributed by atoms with E-state index in [-0.39, 0.29) is 11.6 Å². The average Bonchev–Trinajstić information content (AvgIpc) is 3.26. The highest BCUT2D eigenvalue weighted by Gasteiger charge is 2.21. The molecule has 0 unspecified atom stereocenters. The SMILES string of the molecule is CCCNC(=O)c1nc2c(-c3ccc4c(nnn4C)c3OC)cccn2c1N. The molecule has 0 spiro atoms. The fraction of sp³-hybridized carbons (Fsp3) is 0.263. The molecule has 0 fully saturated rings. The van der Waals surface area contributed by atoms with Crippen LogP contribution in [-0.2, 0) is 7.05 Å². The largest absolute Gasteiger partial charge is 0.494 e. The Balaban J connectivity index is 1.93. The van der Waals surface area contributed by atoms with Gasteiger partial charge in [-0.25, -0.2) is 9.67 Å². The van der Waals surface area contributed by atoms with Crippen molar-refractivity contribution in [3.05, 3.63) is 36.2 Å². The number of hydrogen-bond donors (Lipinski definition) is 2. The third-order valence-corrected chi connectivity index (χ3v) is 4.67. The summed E-state index contributed by atoms with van der Waals surface area (Å²) in [6.45, 7) is 2.55. The number of fused-ring (bicyclic) bond motifs is 2. The van der Waals surface area contributed by atoms with Crippen molar-refractivity contribution < 1.29 is 9.53 Å². The molecule has 144 valence electrons. The van der Waals surface area contributed by atoms with Gasteiger partial charge in [-0.3, -0.25) is 9.20 Å². The molecule has 3 N–H and O–H groups in total. The van der Waals surface area contributed by atoms with Crippen LogP contribution in [0.1, 0.15) is 23.8 Å². The van der Waals surface area contributed by atoms with Gasteiger partial charge in [-0.1, -0.05) is 12.1 Å². The van der Waals surface area contributed by atoms with Gasteiger partial charge in [0.1, 0.15) is 11.5 Å². The van der Waals surface area contributed by atoms with Crippen molar-refractivity contribution in [1.29, 1.82) is 0 Å². The number of imidazole rings is 1. The maximum absolute atomic E-state index is 12.4. The number of aromatic nitrogens is 5. The molecular formula is C19H21N7O2. The van der Waals surface area contributed by atoms with Crippen molar-refractivity contribution in [2.45, 2.75) is 13.3 Å². The van der Waals surface area contributed by atoms with Gasteiger partial charge < -0.3 is 15.8 Å². The van der Waals surface area contributed by atoms with E-state index in [1.165, 1.54) is 0 Å². The number of carbonyl (C=O) groups excluding carboxylic acids is 1. The Morgan fingerprint density at radius 1 is 1.29 bits per heavy atom. The van der Waals surface area contributed by atoms with Gasteiger partial charge in [-0.15, -0.1) is 5.10 Å². The summed E-state index contributed by atoms with van der Waals surface area (Å²) in [7, 11) is 3.42. The van der Waals surface area contributed by atoms with Gasteiger partial charge in [0, 0.05) is 30.9 Å². The van der Waals surface area contributed by atoms with E-state index in [2.05, 4.69) is 20.6 Å². The fourth-order valence-electron chi connectivity index (χ4n) is 3.28. The van der Waals surface area contributed by atoms with Crippen LogP contribution in [0, 0.1) is 0 Å². The van der Waals surface area contributed by atoms with Crippen molar-refractivity contribution in [2.75, 3.05) is 19.4 Å². The maximum Gasteiger partial charge on any atom is 0.273 e. The van der Waals surface area contributed by atoms with E-state index in [0.29, 0.717) is 29.3 Å². The molecule has 9 heteroatoms. The second kappa shape index (κ2) is 6.84. The summed E-state index contributed by atoms with van der Waals surface area (Å²) in [5.74, 6) is 0.604. The fourth-order valence-corrected chi connectivity index (χ4v) is 3.28. The minimum Gasteiger partial charge on any atom is -0.494 e. The molecule has 0 aliphatic heterocycles. The van der Waals surface area contributed by atoms with Gasteiger partial charge in [-0.2, -0.15) is 0 Å². The third-order valence-electron chi connectivity index (χ3n) is 4.67. The highest BCUT2D eigenvalue weighted by atomic mass is 16.5. The molecule has 0 saturated heterocycles. The molecule has 0 bridgehead atoms. The number of nitrogens with two attached hydrogens (primary N) is 1. The van der Waals surface area contributed by atoms with Crippen molar-refractivity contribution in [1.82, 2.24) is 29.7 Å². The molecular weight excluding hydrogens is 358 g/mol. The predicted molar refractivity (Wildman–Crippen MR) is 106 cm³/mol. The molecule has 0 saturated carbocycles. The lowest BCUT2D eigenvalue weighted by Gasteiger charge is -2.10. The van der Waals surface area contributed by atoms with E-state index in [1.807, 2.05) is 38.2 Å². The number of carbonyl (C=O) groups is 1. The molecule has 3 heterocycles. The van der Waals surface area contributed by atoms with Gasteiger partial charge in [0.05, 0.1) is 12.6 Å². The van der Waals surface area contributed by atoms with Gasteiger partial charge in [0.25, 0.3) is 5.91 Å². The van der Waals surface area contributed by atoms with Crippen molar-refractivity contribution in [2.24, 2.45) is 7.05 Å². The normalized spacial score (nSPS) is 11.2. The topological polar surface area (TPSA) is 112 Å². The molecule has 9 nitrogen and oxygen atoms in total. The zero-order chi connectivity index (χ0) is 19.8. The van der Waals surface area contributed by atoms with E-state index < -0.39 is 0 Å². The first-order valence-corrected chi connectivity index (χ1v) is 8.98. The van der Waals surface area contributed by atoms with E-state index >= 15 is 0 Å². The Morgan fingerprint density at radius 2 is 2.11 bits per heavy atom. The summed E-state index contributed by atoms with van der Waals surface area (Å²) in [6, 6.07) is 7.63. The van der Waals surface area contributed by atoms with Crippen LogP contribution in [0.15, 0.2) is 30.5 Å².